The number of nitrogens with zero attached hydrogens (tertiary/aromatic N) is 2. The quantitative estimate of drug-likeness (QED) is 0.686. The van der Waals surface area contributed by atoms with Crippen LogP contribution in [-0.2, 0) is 14.4 Å². The molecule has 0 saturated carbocycles. The van der Waals surface area contributed by atoms with E-state index in [1.165, 1.54) is 9.80 Å². The second-order valence-electron chi connectivity index (χ2n) is 4.53. The number of likely N-dealkylation sites (tertiary alicyclic amines) is 2. The van der Waals surface area contributed by atoms with E-state index in [4.69, 9.17) is 5.11 Å². The van der Waals surface area contributed by atoms with Crippen LogP contribution in [-0.4, -0.2) is 58.4 Å². The first-order valence-electron chi connectivity index (χ1n) is 5.89. The summed E-state index contributed by atoms with van der Waals surface area (Å²) in [7, 11) is 0. The number of aliphatic carboxylic acids is 1. The number of amides is 2. The Balaban J connectivity index is 2.08. The van der Waals surface area contributed by atoms with E-state index >= 15 is 0 Å². The molecule has 2 rings (SSSR count). The second-order valence-corrected chi connectivity index (χ2v) is 4.53. The lowest BCUT2D eigenvalue weighted by Crippen LogP contribution is -2.49. The molecule has 2 heterocycles. The van der Waals surface area contributed by atoms with Gasteiger partial charge in [0.1, 0.15) is 12.1 Å². The van der Waals surface area contributed by atoms with Crippen molar-refractivity contribution in [3.05, 3.63) is 0 Å². The van der Waals surface area contributed by atoms with Gasteiger partial charge in [-0.3, -0.25) is 9.59 Å². The zero-order valence-electron chi connectivity index (χ0n) is 9.54. The van der Waals surface area contributed by atoms with Crippen LogP contribution in [0.2, 0.25) is 0 Å². The van der Waals surface area contributed by atoms with Crippen LogP contribution in [0, 0.1) is 0 Å². The molecule has 2 aliphatic heterocycles. The van der Waals surface area contributed by atoms with Crippen molar-refractivity contribution >= 4 is 18.3 Å². The molecule has 6 heteroatoms. The minimum Gasteiger partial charge on any atom is -0.480 e. The van der Waals surface area contributed by atoms with E-state index in [0.717, 1.165) is 12.8 Å². The fourth-order valence-corrected chi connectivity index (χ4v) is 2.66. The van der Waals surface area contributed by atoms with E-state index in [0.29, 0.717) is 32.3 Å². The molecule has 17 heavy (non-hydrogen) atoms. The molecule has 0 radical (unpaired) electrons. The Morgan fingerprint density at radius 1 is 1.12 bits per heavy atom. The lowest BCUT2D eigenvalue weighted by atomic mass is 10.1. The molecule has 94 valence electrons. The van der Waals surface area contributed by atoms with Crippen LogP contribution in [0.15, 0.2) is 0 Å². The Hall–Kier alpha value is -1.59. The molecule has 2 saturated heterocycles. The first kappa shape index (κ1) is 11.9. The Morgan fingerprint density at radius 3 is 2.41 bits per heavy atom. The SMILES string of the molecule is O=CN1CCCC1C(=O)N1CCCC1C(=O)O. The Labute approximate surface area is 99.2 Å². The summed E-state index contributed by atoms with van der Waals surface area (Å²) in [6.07, 6.45) is 3.36. The van der Waals surface area contributed by atoms with Crippen LogP contribution in [0.3, 0.4) is 0 Å². The minimum atomic E-state index is -0.952. The predicted molar refractivity (Wildman–Crippen MR) is 58.2 cm³/mol. The van der Waals surface area contributed by atoms with Gasteiger partial charge in [0.25, 0.3) is 0 Å². The van der Waals surface area contributed by atoms with E-state index in [9.17, 15) is 14.4 Å². The molecule has 2 unspecified atom stereocenters. The van der Waals surface area contributed by atoms with E-state index < -0.39 is 18.1 Å². The van der Waals surface area contributed by atoms with Crippen molar-refractivity contribution in [1.82, 2.24) is 9.80 Å². The monoisotopic (exact) mass is 240 g/mol. The van der Waals surface area contributed by atoms with Crippen molar-refractivity contribution in [3.8, 4) is 0 Å². The Kier molecular flexibility index (Phi) is 3.31. The summed E-state index contributed by atoms with van der Waals surface area (Å²) in [5, 5.41) is 9.02. The lowest BCUT2D eigenvalue weighted by molar-refractivity contribution is -0.150. The van der Waals surface area contributed by atoms with E-state index in [-0.39, 0.29) is 5.91 Å². The van der Waals surface area contributed by atoms with Crippen molar-refractivity contribution in [2.24, 2.45) is 0 Å². The zero-order chi connectivity index (χ0) is 12.4. The van der Waals surface area contributed by atoms with Gasteiger partial charge in [0.05, 0.1) is 0 Å². The summed E-state index contributed by atoms with van der Waals surface area (Å²) in [5.74, 6) is -1.16. The molecule has 6 nitrogen and oxygen atoms in total. The van der Waals surface area contributed by atoms with Crippen molar-refractivity contribution < 1.29 is 19.5 Å². The molecule has 0 spiro atoms. The van der Waals surface area contributed by atoms with Gasteiger partial charge in [-0.05, 0) is 25.7 Å². The van der Waals surface area contributed by atoms with Gasteiger partial charge >= 0.3 is 5.97 Å². The first-order valence-corrected chi connectivity index (χ1v) is 5.89. The molecule has 0 aromatic rings. The second kappa shape index (κ2) is 4.73. The van der Waals surface area contributed by atoms with Gasteiger partial charge in [-0.2, -0.15) is 0 Å². The van der Waals surface area contributed by atoms with Crippen LogP contribution in [0.5, 0.6) is 0 Å². The van der Waals surface area contributed by atoms with Crippen LogP contribution in [0.25, 0.3) is 0 Å². The normalized spacial score (nSPS) is 28.5. The fourth-order valence-electron chi connectivity index (χ4n) is 2.66. The molecule has 2 amide bonds. The highest BCUT2D eigenvalue weighted by Crippen LogP contribution is 2.23. The maximum Gasteiger partial charge on any atom is 0.326 e. The summed E-state index contributed by atoms with van der Waals surface area (Å²) in [5.41, 5.74) is 0. The van der Waals surface area contributed by atoms with Crippen LogP contribution < -0.4 is 0 Å². The first-order chi connectivity index (χ1) is 8.15. The van der Waals surface area contributed by atoms with Gasteiger partial charge in [-0.1, -0.05) is 0 Å². The molecule has 2 fully saturated rings. The summed E-state index contributed by atoms with van der Waals surface area (Å²) < 4.78 is 0. The number of carboxylic acid groups (broad SMARTS) is 1. The molecular weight excluding hydrogens is 224 g/mol. The highest BCUT2D eigenvalue weighted by atomic mass is 16.4. The maximum atomic E-state index is 12.2. The third-order valence-corrected chi connectivity index (χ3v) is 3.54. The average molecular weight is 240 g/mol. The van der Waals surface area contributed by atoms with Crippen LogP contribution >= 0.6 is 0 Å². The van der Waals surface area contributed by atoms with Gasteiger partial charge in [0, 0.05) is 13.1 Å². The molecule has 0 aliphatic carbocycles. The third kappa shape index (κ3) is 2.11. The van der Waals surface area contributed by atoms with Gasteiger partial charge < -0.3 is 14.9 Å². The van der Waals surface area contributed by atoms with Crippen LogP contribution in [0.1, 0.15) is 25.7 Å². The van der Waals surface area contributed by atoms with Crippen molar-refractivity contribution in [2.75, 3.05) is 13.1 Å². The molecule has 0 aromatic heterocycles. The summed E-state index contributed by atoms with van der Waals surface area (Å²) >= 11 is 0. The van der Waals surface area contributed by atoms with Gasteiger partial charge in [0.15, 0.2) is 0 Å². The average Bonchev–Trinajstić information content (AvgIpc) is 2.96. The van der Waals surface area contributed by atoms with Crippen molar-refractivity contribution in [3.63, 3.8) is 0 Å². The van der Waals surface area contributed by atoms with Crippen LogP contribution in [0.4, 0.5) is 0 Å². The molecule has 0 bridgehead atoms. The smallest absolute Gasteiger partial charge is 0.326 e. The third-order valence-electron chi connectivity index (χ3n) is 3.54. The lowest BCUT2D eigenvalue weighted by Gasteiger charge is -2.27. The minimum absolute atomic E-state index is 0.209. The fraction of sp³-hybridized carbons (Fsp3) is 0.727. The molecule has 2 atom stereocenters. The largest absolute Gasteiger partial charge is 0.480 e. The maximum absolute atomic E-state index is 12.2. The number of carboxylic acids is 1. The summed E-state index contributed by atoms with van der Waals surface area (Å²) in [6, 6.07) is -1.16. The standard InChI is InChI=1S/C11H16N2O4/c14-7-12-5-1-3-8(12)10(15)13-6-2-4-9(13)11(16)17/h7-9H,1-6H2,(H,16,17). The number of carbonyl (C=O) groups excluding carboxylic acids is 2. The predicted octanol–water partition coefficient (Wildman–Crippen LogP) is -0.317. The van der Waals surface area contributed by atoms with Gasteiger partial charge in [-0.15, -0.1) is 0 Å². The highest BCUT2D eigenvalue weighted by Gasteiger charge is 2.40. The van der Waals surface area contributed by atoms with Gasteiger partial charge in [-0.25, -0.2) is 4.79 Å². The Bertz CT molecular complexity index is 344. The molecule has 0 aromatic carbocycles. The zero-order valence-corrected chi connectivity index (χ0v) is 9.54. The Morgan fingerprint density at radius 2 is 1.76 bits per heavy atom. The number of carbonyl (C=O) groups is 3. The van der Waals surface area contributed by atoms with Crippen molar-refractivity contribution in [1.29, 1.82) is 0 Å². The number of rotatable bonds is 3. The molecule has 1 N–H and O–H groups in total. The van der Waals surface area contributed by atoms with Crippen molar-refractivity contribution in [2.45, 2.75) is 37.8 Å². The van der Waals surface area contributed by atoms with E-state index in [2.05, 4.69) is 0 Å². The molecule has 2 aliphatic rings. The van der Waals surface area contributed by atoms with Gasteiger partial charge in [0.2, 0.25) is 12.3 Å². The topological polar surface area (TPSA) is 77.9 Å². The number of hydrogen-bond donors (Lipinski definition) is 1. The van der Waals surface area contributed by atoms with E-state index in [1.54, 1.807) is 0 Å². The molecular formula is C11H16N2O4. The summed E-state index contributed by atoms with van der Waals surface area (Å²) in [4.78, 5) is 36.9. The summed E-state index contributed by atoms with van der Waals surface area (Å²) in [6.45, 7) is 1.07. The number of hydrogen-bond acceptors (Lipinski definition) is 3. The van der Waals surface area contributed by atoms with E-state index in [1.807, 2.05) is 0 Å². The highest BCUT2D eigenvalue weighted by molar-refractivity contribution is 5.88.